The third-order valence-electron chi connectivity index (χ3n) is 8.69. The summed E-state index contributed by atoms with van der Waals surface area (Å²) in [7, 11) is 0. The Balaban J connectivity index is 0.881. The number of H-pyrrole nitrogens is 1. The molecule has 3 aromatic carbocycles. The van der Waals surface area contributed by atoms with Crippen molar-refractivity contribution in [2.75, 3.05) is 51.1 Å². The number of rotatable bonds is 15. The van der Waals surface area contributed by atoms with E-state index in [1.165, 1.54) is 12.1 Å². The van der Waals surface area contributed by atoms with E-state index >= 15 is 0 Å². The fourth-order valence-corrected chi connectivity index (χ4v) is 6.05. The fraction of sp³-hybridized carbons (Fsp3) is 0.378. The largest absolute Gasteiger partial charge is 0.506 e. The molecule has 12 heteroatoms. The number of likely N-dealkylation sites (tertiary alicyclic amines) is 1. The molecule has 1 saturated heterocycles. The second-order valence-corrected chi connectivity index (χ2v) is 12.2. The summed E-state index contributed by atoms with van der Waals surface area (Å²) in [5, 5.41) is 33.3. The minimum absolute atomic E-state index is 0.0356. The van der Waals surface area contributed by atoms with Gasteiger partial charge in [0.2, 0.25) is 5.56 Å². The standard InChI is InChI=1S/C37H46N6O6/c44-32-15-13-29(30-14-16-34(46)42-35(30)32)33(45)25-38-19-7-2-8-20-39-36(47)40-21-24-43-22-17-27(18-23-43)49-37(48)41-31-12-6-5-11-28(31)26-9-3-1-4-10-26/h1,3-6,9-16,27,33,38,44-45H,2,7-8,17-25H2,(H,41,48)(H,42,46)(H2,39,40,47). The number of hydrogen-bond acceptors (Lipinski definition) is 8. The molecule has 0 aliphatic carbocycles. The van der Waals surface area contributed by atoms with Gasteiger partial charge in [-0.1, -0.05) is 61.0 Å². The molecule has 1 fully saturated rings. The molecule has 7 N–H and O–H groups in total. The third-order valence-corrected chi connectivity index (χ3v) is 8.69. The molecule has 1 unspecified atom stereocenters. The summed E-state index contributed by atoms with van der Waals surface area (Å²) in [4.78, 5) is 41.4. The number of nitrogens with zero attached hydrogens (tertiary/aromatic N) is 1. The first kappa shape index (κ1) is 35.4. The lowest BCUT2D eigenvalue weighted by atomic mass is 10.0. The van der Waals surface area contributed by atoms with Crippen molar-refractivity contribution in [3.63, 3.8) is 0 Å². The molecule has 5 rings (SSSR count). The predicted molar refractivity (Wildman–Crippen MR) is 191 cm³/mol. The van der Waals surface area contributed by atoms with Crippen LogP contribution in [0.15, 0.2) is 83.7 Å². The molecule has 260 valence electrons. The van der Waals surface area contributed by atoms with Crippen LogP contribution in [0, 0.1) is 0 Å². The number of carbonyl (C=O) groups is 2. The van der Waals surface area contributed by atoms with E-state index in [9.17, 15) is 24.6 Å². The van der Waals surface area contributed by atoms with E-state index < -0.39 is 12.2 Å². The van der Waals surface area contributed by atoms with Crippen LogP contribution in [0.1, 0.15) is 43.8 Å². The number of aliphatic hydroxyl groups excluding tert-OH is 1. The van der Waals surface area contributed by atoms with Gasteiger partial charge in [-0.2, -0.15) is 0 Å². The number of amides is 3. The first-order valence-corrected chi connectivity index (χ1v) is 17.0. The van der Waals surface area contributed by atoms with Gasteiger partial charge in [0.15, 0.2) is 0 Å². The van der Waals surface area contributed by atoms with E-state index in [4.69, 9.17) is 4.74 Å². The highest BCUT2D eigenvalue weighted by atomic mass is 16.6. The van der Waals surface area contributed by atoms with Crippen LogP contribution in [0.3, 0.4) is 0 Å². The lowest BCUT2D eigenvalue weighted by molar-refractivity contribution is 0.0594. The van der Waals surface area contributed by atoms with Gasteiger partial charge in [-0.3, -0.25) is 10.1 Å². The number of pyridine rings is 1. The van der Waals surface area contributed by atoms with E-state index in [0.717, 1.165) is 62.9 Å². The van der Waals surface area contributed by atoms with Crippen LogP contribution >= 0.6 is 0 Å². The lowest BCUT2D eigenvalue weighted by Crippen LogP contribution is -2.44. The summed E-state index contributed by atoms with van der Waals surface area (Å²) in [6.07, 6.45) is 2.74. The number of piperidine rings is 1. The topological polar surface area (TPSA) is 168 Å². The van der Waals surface area contributed by atoms with E-state index in [1.807, 2.05) is 54.6 Å². The number of aromatic amines is 1. The van der Waals surface area contributed by atoms with E-state index in [-0.39, 0.29) is 23.4 Å². The number of ether oxygens (including phenoxy) is 1. The van der Waals surface area contributed by atoms with Crippen molar-refractivity contribution in [2.45, 2.75) is 44.3 Å². The first-order valence-electron chi connectivity index (χ1n) is 17.0. The molecule has 12 nitrogen and oxygen atoms in total. The molecule has 1 aliphatic rings. The SMILES string of the molecule is O=C(NCCCCCNCC(O)c1ccc(O)c2[nH]c(=O)ccc12)NCCN1CCC(OC(=O)Nc2ccccc2-c2ccccc2)CC1. The van der Waals surface area contributed by atoms with Gasteiger partial charge in [-0.15, -0.1) is 0 Å². The Kier molecular flexibility index (Phi) is 13.0. The van der Waals surface area contributed by atoms with Gasteiger partial charge in [0.1, 0.15) is 11.9 Å². The maximum Gasteiger partial charge on any atom is 0.411 e. The summed E-state index contributed by atoms with van der Waals surface area (Å²) in [5.74, 6) is -0.0356. The molecule has 0 radical (unpaired) electrons. The minimum Gasteiger partial charge on any atom is -0.506 e. The van der Waals surface area contributed by atoms with Crippen LogP contribution in [0.4, 0.5) is 15.3 Å². The normalized spacial score (nSPS) is 14.3. The molecule has 4 aromatic rings. The lowest BCUT2D eigenvalue weighted by Gasteiger charge is -2.31. The Labute approximate surface area is 285 Å². The number of unbranched alkanes of at least 4 members (excludes halogenated alkanes) is 2. The number of hydrogen-bond donors (Lipinski definition) is 7. The molecule has 0 bridgehead atoms. The number of aromatic hydroxyl groups is 1. The zero-order valence-electron chi connectivity index (χ0n) is 27.6. The number of carbonyl (C=O) groups excluding carboxylic acids is 2. The van der Waals surface area contributed by atoms with Gasteiger partial charge >= 0.3 is 12.1 Å². The zero-order chi connectivity index (χ0) is 34.4. The number of aromatic nitrogens is 1. The maximum absolute atomic E-state index is 12.7. The zero-order valence-corrected chi connectivity index (χ0v) is 27.6. The smallest absolute Gasteiger partial charge is 0.411 e. The molecule has 2 heterocycles. The molecule has 3 amide bonds. The number of fused-ring (bicyclic) bond motifs is 1. The molecular formula is C37H46N6O6. The first-order chi connectivity index (χ1) is 23.9. The number of phenolic OH excluding ortho intramolecular Hbond substituents is 1. The van der Waals surface area contributed by atoms with Gasteiger partial charge in [-0.25, -0.2) is 9.59 Å². The second kappa shape index (κ2) is 18.0. The number of para-hydroxylation sites is 1. The maximum atomic E-state index is 12.7. The van der Waals surface area contributed by atoms with Gasteiger partial charge in [0, 0.05) is 56.3 Å². The van der Waals surface area contributed by atoms with Gasteiger partial charge < -0.3 is 40.8 Å². The number of phenols is 1. The molecule has 1 aromatic heterocycles. The quantitative estimate of drug-likeness (QED) is 0.0893. The van der Waals surface area contributed by atoms with Crippen molar-refractivity contribution in [3.8, 4) is 16.9 Å². The van der Waals surface area contributed by atoms with E-state index in [1.54, 1.807) is 12.1 Å². The van der Waals surface area contributed by atoms with Crippen molar-refractivity contribution in [1.82, 2.24) is 25.8 Å². The molecule has 0 saturated carbocycles. The van der Waals surface area contributed by atoms with Crippen LogP contribution < -0.4 is 26.8 Å². The number of benzene rings is 3. The van der Waals surface area contributed by atoms with E-state index in [2.05, 4.69) is 31.2 Å². The van der Waals surface area contributed by atoms with Crippen LogP contribution in [0.2, 0.25) is 0 Å². The molecule has 49 heavy (non-hydrogen) atoms. The van der Waals surface area contributed by atoms with E-state index in [0.29, 0.717) is 48.3 Å². The fourth-order valence-electron chi connectivity index (χ4n) is 6.05. The Morgan fingerprint density at radius 2 is 1.61 bits per heavy atom. The van der Waals surface area contributed by atoms with Crippen molar-refractivity contribution in [2.24, 2.45) is 0 Å². The minimum atomic E-state index is -0.792. The number of urea groups is 1. The summed E-state index contributed by atoms with van der Waals surface area (Å²) >= 11 is 0. The van der Waals surface area contributed by atoms with Gasteiger partial charge in [0.25, 0.3) is 0 Å². The Hall–Kier alpha value is -4.91. The van der Waals surface area contributed by atoms with Crippen molar-refractivity contribution in [3.05, 3.63) is 94.8 Å². The summed E-state index contributed by atoms with van der Waals surface area (Å²) in [6.45, 7) is 4.47. The molecule has 0 spiro atoms. The average Bonchev–Trinajstić information content (AvgIpc) is 3.11. The monoisotopic (exact) mass is 670 g/mol. The Morgan fingerprint density at radius 1 is 0.878 bits per heavy atom. The molecular weight excluding hydrogens is 624 g/mol. The average molecular weight is 671 g/mol. The predicted octanol–water partition coefficient (Wildman–Crippen LogP) is 4.71. The van der Waals surface area contributed by atoms with Crippen LogP contribution in [0.25, 0.3) is 22.0 Å². The van der Waals surface area contributed by atoms with Crippen molar-refractivity contribution < 1.29 is 24.5 Å². The summed E-state index contributed by atoms with van der Waals surface area (Å²) in [6, 6.07) is 23.5. The van der Waals surface area contributed by atoms with Crippen molar-refractivity contribution >= 4 is 28.7 Å². The van der Waals surface area contributed by atoms with Crippen molar-refractivity contribution in [1.29, 1.82) is 0 Å². The molecule has 1 atom stereocenters. The van der Waals surface area contributed by atoms with Gasteiger partial charge in [0.05, 0.1) is 17.3 Å². The Morgan fingerprint density at radius 3 is 2.43 bits per heavy atom. The van der Waals surface area contributed by atoms with Crippen LogP contribution in [-0.4, -0.2) is 84.1 Å². The highest BCUT2D eigenvalue weighted by Gasteiger charge is 2.23. The number of nitrogens with one attached hydrogen (secondary N) is 5. The van der Waals surface area contributed by atoms with Crippen LogP contribution in [0.5, 0.6) is 5.75 Å². The summed E-state index contributed by atoms with van der Waals surface area (Å²) in [5.41, 5.74) is 3.31. The third kappa shape index (κ3) is 10.5. The highest BCUT2D eigenvalue weighted by Crippen LogP contribution is 2.29. The summed E-state index contributed by atoms with van der Waals surface area (Å²) < 4.78 is 5.72. The molecule has 1 aliphatic heterocycles. The number of anilines is 1. The van der Waals surface area contributed by atoms with Crippen LogP contribution in [-0.2, 0) is 4.74 Å². The Bertz CT molecular complexity index is 1720. The highest BCUT2D eigenvalue weighted by molar-refractivity contribution is 5.91. The second-order valence-electron chi connectivity index (χ2n) is 12.2. The van der Waals surface area contributed by atoms with Gasteiger partial charge in [-0.05, 0) is 61.6 Å². The number of aliphatic hydroxyl groups is 1.